The van der Waals surface area contributed by atoms with Crippen LogP contribution < -0.4 is 0 Å². The van der Waals surface area contributed by atoms with E-state index in [4.69, 9.17) is 5.26 Å². The Labute approximate surface area is 86.4 Å². The zero-order chi connectivity index (χ0) is 10.9. The van der Waals surface area contributed by atoms with Gasteiger partial charge in [-0.2, -0.15) is 5.26 Å². The Kier molecular flexibility index (Phi) is 2.66. The Bertz CT molecular complexity index is 389. The number of nitriles is 1. The van der Waals surface area contributed by atoms with Gasteiger partial charge in [-0.25, -0.2) is 0 Å². The molecule has 0 aliphatic heterocycles. The van der Waals surface area contributed by atoms with E-state index in [0.717, 1.165) is 5.56 Å². The van der Waals surface area contributed by atoms with E-state index in [1.54, 1.807) is 0 Å². The summed E-state index contributed by atoms with van der Waals surface area (Å²) in [6.07, 6.45) is 0. The van der Waals surface area contributed by atoms with Crippen LogP contribution in [-0.4, -0.2) is 0 Å². The highest BCUT2D eigenvalue weighted by molar-refractivity contribution is 5.49. The molecule has 1 rings (SSSR count). The SMILES string of the molecule is Cc1ccc(C#N)c(C(C)(C)C)c1C. The predicted molar refractivity (Wildman–Crippen MR) is 59.3 cm³/mol. The van der Waals surface area contributed by atoms with Gasteiger partial charge in [-0.05, 0) is 42.0 Å². The first-order valence-corrected chi connectivity index (χ1v) is 4.88. The molecule has 0 aromatic heterocycles. The average molecular weight is 187 g/mol. The van der Waals surface area contributed by atoms with Crippen molar-refractivity contribution in [2.75, 3.05) is 0 Å². The van der Waals surface area contributed by atoms with E-state index in [1.807, 2.05) is 12.1 Å². The standard InChI is InChI=1S/C13H17N/c1-9-6-7-11(8-14)12(10(9)2)13(3,4)5/h6-7H,1-5H3. The molecule has 0 aliphatic rings. The smallest absolute Gasteiger partial charge is 0.0994 e. The fourth-order valence-electron chi connectivity index (χ4n) is 1.88. The van der Waals surface area contributed by atoms with Crippen LogP contribution in [0.25, 0.3) is 0 Å². The first-order chi connectivity index (χ1) is 6.38. The van der Waals surface area contributed by atoms with E-state index in [0.29, 0.717) is 0 Å². The normalized spacial score (nSPS) is 11.1. The summed E-state index contributed by atoms with van der Waals surface area (Å²) in [6, 6.07) is 6.21. The van der Waals surface area contributed by atoms with Gasteiger partial charge in [0.1, 0.15) is 0 Å². The van der Waals surface area contributed by atoms with Gasteiger partial charge in [-0.15, -0.1) is 0 Å². The summed E-state index contributed by atoms with van der Waals surface area (Å²) in [4.78, 5) is 0. The highest BCUT2D eigenvalue weighted by atomic mass is 14.3. The first kappa shape index (κ1) is 10.8. The summed E-state index contributed by atoms with van der Waals surface area (Å²) in [5, 5.41) is 9.05. The molecular formula is C13H17N. The summed E-state index contributed by atoms with van der Waals surface area (Å²) in [7, 11) is 0. The molecule has 0 saturated carbocycles. The number of benzene rings is 1. The molecule has 0 atom stereocenters. The first-order valence-electron chi connectivity index (χ1n) is 4.88. The van der Waals surface area contributed by atoms with Gasteiger partial charge in [0.15, 0.2) is 0 Å². The van der Waals surface area contributed by atoms with Crippen molar-refractivity contribution in [3.63, 3.8) is 0 Å². The summed E-state index contributed by atoms with van der Waals surface area (Å²) < 4.78 is 0. The third-order valence-corrected chi connectivity index (χ3v) is 2.61. The highest BCUT2D eigenvalue weighted by Crippen LogP contribution is 2.30. The number of hydrogen-bond donors (Lipinski definition) is 0. The lowest BCUT2D eigenvalue weighted by molar-refractivity contribution is 0.583. The molecule has 74 valence electrons. The third kappa shape index (κ3) is 1.80. The monoisotopic (exact) mass is 187 g/mol. The second kappa shape index (κ2) is 3.46. The molecule has 0 fully saturated rings. The lowest BCUT2D eigenvalue weighted by Crippen LogP contribution is -2.16. The van der Waals surface area contributed by atoms with Crippen molar-refractivity contribution in [3.8, 4) is 6.07 Å². The van der Waals surface area contributed by atoms with Crippen LogP contribution in [0.3, 0.4) is 0 Å². The summed E-state index contributed by atoms with van der Waals surface area (Å²) >= 11 is 0. The van der Waals surface area contributed by atoms with E-state index < -0.39 is 0 Å². The molecule has 1 heteroatoms. The van der Waals surface area contributed by atoms with Gasteiger partial charge in [0.05, 0.1) is 11.6 Å². The van der Waals surface area contributed by atoms with Crippen LogP contribution in [0.15, 0.2) is 12.1 Å². The largest absolute Gasteiger partial charge is 0.192 e. The third-order valence-electron chi connectivity index (χ3n) is 2.61. The molecule has 0 saturated heterocycles. The number of hydrogen-bond acceptors (Lipinski definition) is 1. The Morgan fingerprint density at radius 1 is 1.14 bits per heavy atom. The highest BCUT2D eigenvalue weighted by Gasteiger charge is 2.20. The van der Waals surface area contributed by atoms with Crippen molar-refractivity contribution in [3.05, 3.63) is 34.4 Å². The number of aryl methyl sites for hydroxylation is 1. The quantitative estimate of drug-likeness (QED) is 0.610. The van der Waals surface area contributed by atoms with E-state index in [2.05, 4.69) is 40.7 Å². The van der Waals surface area contributed by atoms with Crippen LogP contribution in [-0.2, 0) is 5.41 Å². The van der Waals surface area contributed by atoms with Crippen molar-refractivity contribution in [2.24, 2.45) is 0 Å². The molecule has 0 N–H and O–H groups in total. The van der Waals surface area contributed by atoms with Crippen LogP contribution in [0.2, 0.25) is 0 Å². The van der Waals surface area contributed by atoms with Gasteiger partial charge >= 0.3 is 0 Å². The molecule has 0 radical (unpaired) electrons. The van der Waals surface area contributed by atoms with Crippen LogP contribution in [0.4, 0.5) is 0 Å². The molecule has 0 spiro atoms. The maximum absolute atomic E-state index is 9.05. The predicted octanol–water partition coefficient (Wildman–Crippen LogP) is 3.47. The van der Waals surface area contributed by atoms with Gasteiger partial charge in [-0.1, -0.05) is 26.8 Å². The lowest BCUT2D eigenvalue weighted by atomic mass is 9.80. The second-order valence-electron chi connectivity index (χ2n) is 4.79. The van der Waals surface area contributed by atoms with Crippen LogP contribution >= 0.6 is 0 Å². The number of nitrogens with zero attached hydrogens (tertiary/aromatic N) is 1. The van der Waals surface area contributed by atoms with Crippen molar-refractivity contribution in [1.29, 1.82) is 5.26 Å². The molecule has 1 nitrogen and oxygen atoms in total. The van der Waals surface area contributed by atoms with Crippen LogP contribution in [0.5, 0.6) is 0 Å². The molecular weight excluding hydrogens is 170 g/mol. The summed E-state index contributed by atoms with van der Waals surface area (Å²) in [6.45, 7) is 10.6. The van der Waals surface area contributed by atoms with Gasteiger partial charge < -0.3 is 0 Å². The second-order valence-corrected chi connectivity index (χ2v) is 4.79. The minimum Gasteiger partial charge on any atom is -0.192 e. The van der Waals surface area contributed by atoms with Gasteiger partial charge in [-0.3, -0.25) is 0 Å². The maximum atomic E-state index is 9.05. The fraction of sp³-hybridized carbons (Fsp3) is 0.462. The van der Waals surface area contributed by atoms with E-state index in [9.17, 15) is 0 Å². The molecule has 1 aromatic carbocycles. The van der Waals surface area contributed by atoms with Gasteiger partial charge in [0.25, 0.3) is 0 Å². The van der Waals surface area contributed by atoms with Crippen molar-refractivity contribution >= 4 is 0 Å². The van der Waals surface area contributed by atoms with E-state index in [1.165, 1.54) is 16.7 Å². The van der Waals surface area contributed by atoms with Gasteiger partial charge in [0, 0.05) is 0 Å². The van der Waals surface area contributed by atoms with E-state index >= 15 is 0 Å². The van der Waals surface area contributed by atoms with E-state index in [-0.39, 0.29) is 5.41 Å². The van der Waals surface area contributed by atoms with Crippen molar-refractivity contribution in [1.82, 2.24) is 0 Å². The molecule has 0 unspecified atom stereocenters. The molecule has 14 heavy (non-hydrogen) atoms. The average Bonchev–Trinajstić information content (AvgIpc) is 2.07. The Morgan fingerprint density at radius 3 is 2.14 bits per heavy atom. The Morgan fingerprint density at radius 2 is 1.71 bits per heavy atom. The lowest BCUT2D eigenvalue weighted by Gasteiger charge is -2.24. The zero-order valence-corrected chi connectivity index (χ0v) is 9.60. The fourth-order valence-corrected chi connectivity index (χ4v) is 1.88. The summed E-state index contributed by atoms with van der Waals surface area (Å²) in [5.41, 5.74) is 4.53. The van der Waals surface area contributed by atoms with Crippen LogP contribution in [0.1, 0.15) is 43.0 Å². The van der Waals surface area contributed by atoms with Crippen LogP contribution in [0, 0.1) is 25.2 Å². The summed E-state index contributed by atoms with van der Waals surface area (Å²) in [5.74, 6) is 0. The minimum absolute atomic E-state index is 0.0428. The maximum Gasteiger partial charge on any atom is 0.0994 e. The van der Waals surface area contributed by atoms with Crippen molar-refractivity contribution < 1.29 is 0 Å². The van der Waals surface area contributed by atoms with Gasteiger partial charge in [0.2, 0.25) is 0 Å². The molecule has 0 bridgehead atoms. The zero-order valence-electron chi connectivity index (χ0n) is 9.60. The minimum atomic E-state index is 0.0428. The van der Waals surface area contributed by atoms with Crippen molar-refractivity contribution in [2.45, 2.75) is 40.0 Å². The topological polar surface area (TPSA) is 23.8 Å². The Balaban J connectivity index is 3.54. The molecule has 1 aromatic rings. The number of rotatable bonds is 0. The Hall–Kier alpha value is -1.29. The molecule has 0 heterocycles. The molecule has 0 amide bonds. The molecule has 0 aliphatic carbocycles.